The molecule has 19 heavy (non-hydrogen) atoms. The van der Waals surface area contributed by atoms with E-state index in [0.717, 1.165) is 24.8 Å². The molecule has 0 amide bonds. The van der Waals surface area contributed by atoms with Crippen molar-refractivity contribution in [3.8, 4) is 0 Å². The molecular weight excluding hydrogens is 299 g/mol. The highest BCUT2D eigenvalue weighted by Crippen LogP contribution is 2.42. The van der Waals surface area contributed by atoms with Crippen LogP contribution in [0.25, 0.3) is 0 Å². The number of hydrogen-bond acceptors (Lipinski definition) is 2. The summed E-state index contributed by atoms with van der Waals surface area (Å²) in [5.74, 6) is 0.173. The van der Waals surface area contributed by atoms with E-state index in [0.29, 0.717) is 10.0 Å². The third-order valence-corrected chi connectivity index (χ3v) is 5.50. The highest BCUT2D eigenvalue weighted by molar-refractivity contribution is 7.10. The second-order valence-corrected chi connectivity index (χ2v) is 6.73. The van der Waals surface area contributed by atoms with Crippen LogP contribution in [0.3, 0.4) is 0 Å². The van der Waals surface area contributed by atoms with Crippen molar-refractivity contribution in [3.63, 3.8) is 0 Å². The van der Waals surface area contributed by atoms with E-state index in [-0.39, 0.29) is 5.92 Å². The molecule has 1 nitrogen and oxygen atoms in total. The number of benzene rings is 1. The fourth-order valence-electron chi connectivity index (χ4n) is 2.78. The van der Waals surface area contributed by atoms with Crippen LogP contribution in [0.4, 0.5) is 0 Å². The Balaban J connectivity index is 1.93. The molecule has 1 aliphatic carbocycles. The number of thiophene rings is 1. The molecule has 0 spiro atoms. The Labute approximate surface area is 126 Å². The number of aliphatic hydroxyl groups is 1. The van der Waals surface area contributed by atoms with Gasteiger partial charge in [0.05, 0.1) is 16.1 Å². The average Bonchev–Trinajstić information content (AvgIpc) is 2.89. The molecule has 1 aromatic heterocycles. The predicted octanol–water partition coefficient (Wildman–Crippen LogP) is 5.21. The topological polar surface area (TPSA) is 20.2 Å². The molecule has 1 N–H and O–H groups in total. The van der Waals surface area contributed by atoms with Gasteiger partial charge in [0.1, 0.15) is 0 Å². The summed E-state index contributed by atoms with van der Waals surface area (Å²) in [5.41, 5.74) is 2.15. The van der Waals surface area contributed by atoms with Gasteiger partial charge >= 0.3 is 0 Å². The number of fused-ring (bicyclic) bond motifs is 1. The van der Waals surface area contributed by atoms with Crippen molar-refractivity contribution in [1.29, 1.82) is 0 Å². The summed E-state index contributed by atoms with van der Waals surface area (Å²) in [6.45, 7) is 0. The zero-order valence-corrected chi connectivity index (χ0v) is 12.6. The first kappa shape index (κ1) is 13.4. The van der Waals surface area contributed by atoms with Crippen LogP contribution in [0.2, 0.25) is 10.0 Å². The van der Waals surface area contributed by atoms with Gasteiger partial charge in [-0.1, -0.05) is 29.3 Å². The molecule has 0 bridgehead atoms. The van der Waals surface area contributed by atoms with Gasteiger partial charge in [0.25, 0.3) is 0 Å². The Hall–Kier alpha value is -0.540. The second kappa shape index (κ2) is 5.45. The van der Waals surface area contributed by atoms with Gasteiger partial charge in [0.15, 0.2) is 0 Å². The Morgan fingerprint density at radius 2 is 2.05 bits per heavy atom. The van der Waals surface area contributed by atoms with E-state index in [2.05, 4.69) is 11.4 Å². The smallest absolute Gasteiger partial charge is 0.0859 e. The molecule has 4 heteroatoms. The van der Waals surface area contributed by atoms with Crippen molar-refractivity contribution in [2.24, 2.45) is 0 Å². The molecule has 3 rings (SSSR count). The van der Waals surface area contributed by atoms with E-state index in [9.17, 15) is 5.11 Å². The van der Waals surface area contributed by atoms with Crippen molar-refractivity contribution in [2.75, 3.05) is 0 Å². The lowest BCUT2D eigenvalue weighted by Gasteiger charge is -2.27. The lowest BCUT2D eigenvalue weighted by atomic mass is 9.81. The van der Waals surface area contributed by atoms with Crippen LogP contribution in [0.1, 0.15) is 40.9 Å². The van der Waals surface area contributed by atoms with Crippen LogP contribution in [-0.2, 0) is 6.42 Å². The van der Waals surface area contributed by atoms with Crippen LogP contribution in [0, 0.1) is 0 Å². The zero-order chi connectivity index (χ0) is 13.4. The Morgan fingerprint density at radius 3 is 2.84 bits per heavy atom. The van der Waals surface area contributed by atoms with Crippen LogP contribution in [-0.4, -0.2) is 5.11 Å². The van der Waals surface area contributed by atoms with Crippen molar-refractivity contribution in [2.45, 2.75) is 31.3 Å². The summed E-state index contributed by atoms with van der Waals surface area (Å²) in [6.07, 6.45) is 2.78. The predicted molar refractivity (Wildman–Crippen MR) is 81.4 cm³/mol. The lowest BCUT2D eigenvalue weighted by Crippen LogP contribution is -2.15. The maximum absolute atomic E-state index is 10.6. The first-order valence-electron chi connectivity index (χ1n) is 6.36. The number of aryl methyl sites for hydroxylation is 1. The fraction of sp³-hybridized carbons (Fsp3) is 0.333. The molecule has 0 fully saturated rings. The summed E-state index contributed by atoms with van der Waals surface area (Å²) in [4.78, 5) is 1.41. The Kier molecular flexibility index (Phi) is 3.86. The standard InChI is InChI=1S/C15H14Cl2OS/c16-12-5-4-9(8-13(12)17)15(18)11-2-1-3-14-10(11)6-7-19-14/h4-8,11,15,18H,1-3H2. The van der Waals surface area contributed by atoms with E-state index >= 15 is 0 Å². The molecule has 2 unspecified atom stereocenters. The van der Waals surface area contributed by atoms with E-state index < -0.39 is 6.10 Å². The highest BCUT2D eigenvalue weighted by atomic mass is 35.5. The van der Waals surface area contributed by atoms with Gasteiger partial charge in [-0.25, -0.2) is 0 Å². The van der Waals surface area contributed by atoms with Crippen LogP contribution >= 0.6 is 34.5 Å². The van der Waals surface area contributed by atoms with Gasteiger partial charge in [-0.2, -0.15) is 0 Å². The molecule has 100 valence electrons. The maximum atomic E-state index is 10.6. The van der Waals surface area contributed by atoms with Gasteiger partial charge in [0.2, 0.25) is 0 Å². The molecule has 0 saturated carbocycles. The lowest BCUT2D eigenvalue weighted by molar-refractivity contribution is 0.136. The molecular formula is C15H14Cl2OS. The molecule has 2 atom stereocenters. The molecule has 0 radical (unpaired) electrons. The highest BCUT2D eigenvalue weighted by Gasteiger charge is 2.28. The van der Waals surface area contributed by atoms with E-state index in [1.807, 2.05) is 6.07 Å². The van der Waals surface area contributed by atoms with Gasteiger partial charge in [-0.15, -0.1) is 11.3 Å². The van der Waals surface area contributed by atoms with Crippen LogP contribution < -0.4 is 0 Å². The maximum Gasteiger partial charge on any atom is 0.0859 e. The molecule has 1 aromatic carbocycles. The summed E-state index contributed by atoms with van der Waals surface area (Å²) < 4.78 is 0. The average molecular weight is 313 g/mol. The first-order valence-corrected chi connectivity index (χ1v) is 7.99. The second-order valence-electron chi connectivity index (χ2n) is 4.92. The fourth-order valence-corrected chi connectivity index (χ4v) is 4.08. The number of aliphatic hydroxyl groups excluding tert-OH is 1. The number of rotatable bonds is 2. The van der Waals surface area contributed by atoms with E-state index in [1.54, 1.807) is 23.5 Å². The minimum absolute atomic E-state index is 0.173. The zero-order valence-electron chi connectivity index (χ0n) is 10.3. The van der Waals surface area contributed by atoms with Crippen LogP contribution in [0.5, 0.6) is 0 Å². The minimum Gasteiger partial charge on any atom is -0.388 e. The first-order chi connectivity index (χ1) is 9.16. The quantitative estimate of drug-likeness (QED) is 0.807. The van der Waals surface area contributed by atoms with Gasteiger partial charge in [0, 0.05) is 10.8 Å². The summed E-state index contributed by atoms with van der Waals surface area (Å²) in [7, 11) is 0. The third-order valence-electron chi connectivity index (χ3n) is 3.76. The van der Waals surface area contributed by atoms with Gasteiger partial charge in [-0.3, -0.25) is 0 Å². The van der Waals surface area contributed by atoms with Crippen molar-refractivity contribution < 1.29 is 5.11 Å². The normalized spacial score (nSPS) is 20.1. The Morgan fingerprint density at radius 1 is 1.21 bits per heavy atom. The van der Waals surface area contributed by atoms with E-state index in [4.69, 9.17) is 23.2 Å². The molecule has 0 aliphatic heterocycles. The molecule has 2 aromatic rings. The minimum atomic E-state index is -0.511. The van der Waals surface area contributed by atoms with Gasteiger partial charge in [-0.05, 0) is 54.0 Å². The molecule has 0 saturated heterocycles. The number of hydrogen-bond donors (Lipinski definition) is 1. The van der Waals surface area contributed by atoms with Crippen molar-refractivity contribution in [1.82, 2.24) is 0 Å². The van der Waals surface area contributed by atoms with Gasteiger partial charge < -0.3 is 5.11 Å². The molecule has 1 heterocycles. The van der Waals surface area contributed by atoms with Crippen LogP contribution in [0.15, 0.2) is 29.6 Å². The summed E-state index contributed by atoms with van der Waals surface area (Å²) in [5, 5.41) is 13.8. The Bertz CT molecular complexity index is 594. The van der Waals surface area contributed by atoms with E-state index in [1.165, 1.54) is 10.4 Å². The third kappa shape index (κ3) is 2.55. The molecule has 1 aliphatic rings. The largest absolute Gasteiger partial charge is 0.388 e. The summed E-state index contributed by atoms with van der Waals surface area (Å²) in [6, 6.07) is 7.53. The number of halogens is 2. The van der Waals surface area contributed by atoms with Crippen molar-refractivity contribution in [3.05, 3.63) is 55.7 Å². The summed E-state index contributed by atoms with van der Waals surface area (Å²) >= 11 is 13.7. The SMILES string of the molecule is OC(c1ccc(Cl)c(Cl)c1)C1CCCc2sccc21. The van der Waals surface area contributed by atoms with Crippen molar-refractivity contribution >= 4 is 34.5 Å². The monoisotopic (exact) mass is 312 g/mol.